The maximum Gasteiger partial charge on any atom is 0.224 e. The zero-order valence-electron chi connectivity index (χ0n) is 16.8. The lowest BCUT2D eigenvalue weighted by molar-refractivity contribution is -0.120. The Morgan fingerprint density at radius 1 is 0.897 bits per heavy atom. The number of nitrogens with one attached hydrogen (secondary N) is 1. The van der Waals surface area contributed by atoms with E-state index in [1.165, 1.54) is 37.9 Å². The van der Waals surface area contributed by atoms with Crippen molar-refractivity contribution < 1.29 is 4.79 Å². The molecule has 0 radical (unpaired) electrons. The average molecular weight is 389 g/mol. The molecule has 2 aromatic carbocycles. The van der Waals surface area contributed by atoms with Gasteiger partial charge in [0.2, 0.25) is 5.91 Å². The van der Waals surface area contributed by atoms with Gasteiger partial charge in [0.25, 0.3) is 0 Å². The molecule has 1 amide bonds. The van der Waals surface area contributed by atoms with Crippen LogP contribution in [0.1, 0.15) is 36.0 Å². The van der Waals surface area contributed by atoms with Gasteiger partial charge >= 0.3 is 0 Å². The largest absolute Gasteiger partial charge is 0.352 e. The van der Waals surface area contributed by atoms with E-state index in [0.29, 0.717) is 13.0 Å². The summed E-state index contributed by atoms with van der Waals surface area (Å²) in [4.78, 5) is 14.8. The van der Waals surface area contributed by atoms with Gasteiger partial charge in [-0.2, -0.15) is 5.10 Å². The van der Waals surface area contributed by atoms with Gasteiger partial charge in [0.15, 0.2) is 0 Å². The van der Waals surface area contributed by atoms with Gasteiger partial charge in [-0.05, 0) is 54.8 Å². The molecule has 0 aliphatic carbocycles. The van der Waals surface area contributed by atoms with Crippen molar-refractivity contribution in [3.8, 4) is 5.69 Å². The molecule has 0 bridgehead atoms. The number of carbonyl (C=O) groups is 1. The Balaban J connectivity index is 1.25. The number of para-hydroxylation sites is 1. The number of likely N-dealkylation sites (tertiary alicyclic amines) is 1. The Morgan fingerprint density at radius 3 is 2.38 bits per heavy atom. The van der Waals surface area contributed by atoms with Crippen LogP contribution in [0.25, 0.3) is 5.69 Å². The molecule has 1 aliphatic heterocycles. The summed E-state index contributed by atoms with van der Waals surface area (Å²) in [5, 5.41) is 7.36. The number of piperidine rings is 1. The average Bonchev–Trinajstić information content (AvgIpc) is 3.23. The van der Waals surface area contributed by atoms with Crippen LogP contribution in [0.4, 0.5) is 0 Å². The maximum absolute atomic E-state index is 12.3. The lowest BCUT2D eigenvalue weighted by atomic mass is 10.1. The Bertz CT molecular complexity index is 912. The number of carbonyl (C=O) groups excluding carboxylic acids is 1. The third kappa shape index (κ3) is 5.55. The predicted molar refractivity (Wildman–Crippen MR) is 115 cm³/mol. The molecule has 1 saturated heterocycles. The lowest BCUT2D eigenvalue weighted by Gasteiger charge is -2.26. The van der Waals surface area contributed by atoms with E-state index in [9.17, 15) is 4.79 Å². The molecule has 4 rings (SSSR count). The smallest absolute Gasteiger partial charge is 0.224 e. The van der Waals surface area contributed by atoms with Crippen LogP contribution in [0.5, 0.6) is 0 Å². The molecule has 0 unspecified atom stereocenters. The minimum absolute atomic E-state index is 0.00926. The van der Waals surface area contributed by atoms with E-state index in [0.717, 1.165) is 23.4 Å². The summed E-state index contributed by atoms with van der Waals surface area (Å²) >= 11 is 0. The van der Waals surface area contributed by atoms with Crippen molar-refractivity contribution in [1.29, 1.82) is 0 Å². The molecule has 1 N–H and O–H groups in total. The topological polar surface area (TPSA) is 50.2 Å². The van der Waals surface area contributed by atoms with E-state index >= 15 is 0 Å². The summed E-state index contributed by atoms with van der Waals surface area (Å²) in [6.07, 6.45) is 7.98. The SMILES string of the molecule is O=C(Cc1cnn(-c2ccccc2)c1)NCc1ccc(CN2CCCCC2)cc1. The highest BCUT2D eigenvalue weighted by Crippen LogP contribution is 2.14. The summed E-state index contributed by atoms with van der Waals surface area (Å²) in [7, 11) is 0. The standard InChI is InChI=1S/C24H28N4O/c29-24(15-22-17-26-28(19-22)23-7-3-1-4-8-23)25-16-20-9-11-21(12-10-20)18-27-13-5-2-6-14-27/h1,3-4,7-12,17,19H,2,5-6,13-16,18H2,(H,25,29). The molecular formula is C24H28N4O. The van der Waals surface area contributed by atoms with E-state index in [4.69, 9.17) is 0 Å². The fourth-order valence-electron chi connectivity index (χ4n) is 3.76. The van der Waals surface area contributed by atoms with Crippen molar-refractivity contribution in [2.75, 3.05) is 13.1 Å². The molecule has 0 atom stereocenters. The van der Waals surface area contributed by atoms with Gasteiger partial charge < -0.3 is 5.32 Å². The monoisotopic (exact) mass is 388 g/mol. The number of benzene rings is 2. The fraction of sp³-hybridized carbons (Fsp3) is 0.333. The zero-order chi connectivity index (χ0) is 19.9. The molecule has 5 heteroatoms. The highest BCUT2D eigenvalue weighted by molar-refractivity contribution is 5.78. The highest BCUT2D eigenvalue weighted by Gasteiger charge is 2.10. The first-order valence-electron chi connectivity index (χ1n) is 10.4. The third-order valence-electron chi connectivity index (χ3n) is 5.39. The van der Waals surface area contributed by atoms with Crippen LogP contribution in [0.2, 0.25) is 0 Å². The number of hydrogen-bond acceptors (Lipinski definition) is 3. The molecule has 5 nitrogen and oxygen atoms in total. The molecule has 1 fully saturated rings. The molecule has 0 spiro atoms. The summed E-state index contributed by atoms with van der Waals surface area (Å²) < 4.78 is 1.80. The zero-order valence-corrected chi connectivity index (χ0v) is 16.8. The van der Waals surface area contributed by atoms with Crippen molar-refractivity contribution in [1.82, 2.24) is 20.0 Å². The van der Waals surface area contributed by atoms with Crippen LogP contribution in [-0.2, 0) is 24.3 Å². The number of hydrogen-bond donors (Lipinski definition) is 1. The number of rotatable bonds is 7. The van der Waals surface area contributed by atoms with E-state index in [1.807, 2.05) is 36.5 Å². The second kappa shape index (κ2) is 9.52. The predicted octanol–water partition coefficient (Wildman–Crippen LogP) is 3.72. The van der Waals surface area contributed by atoms with Crippen LogP contribution >= 0.6 is 0 Å². The Kier molecular flexibility index (Phi) is 6.37. The van der Waals surface area contributed by atoms with Gasteiger partial charge in [0, 0.05) is 19.3 Å². The Labute approximate surface area is 172 Å². The minimum Gasteiger partial charge on any atom is -0.352 e. The summed E-state index contributed by atoms with van der Waals surface area (Å²) in [5.74, 6) is 0.00926. The van der Waals surface area contributed by atoms with Gasteiger partial charge in [0.05, 0.1) is 18.3 Å². The van der Waals surface area contributed by atoms with E-state index in [2.05, 4.69) is 39.6 Å². The molecular weight excluding hydrogens is 360 g/mol. The fourth-order valence-corrected chi connectivity index (χ4v) is 3.76. The van der Waals surface area contributed by atoms with Crippen molar-refractivity contribution in [2.24, 2.45) is 0 Å². The van der Waals surface area contributed by atoms with Crippen LogP contribution in [-0.4, -0.2) is 33.7 Å². The molecule has 29 heavy (non-hydrogen) atoms. The Hall–Kier alpha value is -2.92. The van der Waals surface area contributed by atoms with Crippen molar-refractivity contribution >= 4 is 5.91 Å². The van der Waals surface area contributed by atoms with E-state index in [1.54, 1.807) is 10.9 Å². The number of amides is 1. The summed E-state index contributed by atoms with van der Waals surface area (Å²) in [5.41, 5.74) is 4.36. The first-order valence-corrected chi connectivity index (χ1v) is 10.4. The summed E-state index contributed by atoms with van der Waals surface area (Å²) in [6, 6.07) is 18.5. The van der Waals surface area contributed by atoms with Crippen LogP contribution in [0, 0.1) is 0 Å². The number of aromatic nitrogens is 2. The summed E-state index contributed by atoms with van der Waals surface area (Å²) in [6.45, 7) is 3.99. The van der Waals surface area contributed by atoms with Gasteiger partial charge in [-0.15, -0.1) is 0 Å². The van der Waals surface area contributed by atoms with Crippen LogP contribution in [0.15, 0.2) is 67.0 Å². The van der Waals surface area contributed by atoms with Gasteiger partial charge in [-0.1, -0.05) is 48.9 Å². The first-order chi connectivity index (χ1) is 14.3. The maximum atomic E-state index is 12.3. The first kappa shape index (κ1) is 19.4. The Morgan fingerprint density at radius 2 is 1.62 bits per heavy atom. The number of nitrogens with zero attached hydrogens (tertiary/aromatic N) is 3. The molecule has 1 aliphatic rings. The van der Waals surface area contributed by atoms with Gasteiger partial charge in [-0.3, -0.25) is 9.69 Å². The second-order valence-corrected chi connectivity index (χ2v) is 7.74. The van der Waals surface area contributed by atoms with Crippen molar-refractivity contribution in [3.63, 3.8) is 0 Å². The minimum atomic E-state index is 0.00926. The van der Waals surface area contributed by atoms with Crippen molar-refractivity contribution in [3.05, 3.63) is 83.7 Å². The van der Waals surface area contributed by atoms with Crippen molar-refractivity contribution in [2.45, 2.75) is 38.8 Å². The third-order valence-corrected chi connectivity index (χ3v) is 5.39. The normalized spacial score (nSPS) is 14.6. The molecule has 3 aromatic rings. The molecule has 2 heterocycles. The van der Waals surface area contributed by atoms with Gasteiger partial charge in [-0.25, -0.2) is 4.68 Å². The lowest BCUT2D eigenvalue weighted by Crippen LogP contribution is -2.29. The van der Waals surface area contributed by atoms with E-state index in [-0.39, 0.29) is 5.91 Å². The second-order valence-electron chi connectivity index (χ2n) is 7.74. The molecule has 150 valence electrons. The van der Waals surface area contributed by atoms with Crippen LogP contribution < -0.4 is 5.32 Å². The highest BCUT2D eigenvalue weighted by atomic mass is 16.1. The quantitative estimate of drug-likeness (QED) is 0.671. The molecule has 1 aromatic heterocycles. The molecule has 0 saturated carbocycles. The van der Waals surface area contributed by atoms with Gasteiger partial charge in [0.1, 0.15) is 0 Å². The van der Waals surface area contributed by atoms with Crippen LogP contribution in [0.3, 0.4) is 0 Å². The van der Waals surface area contributed by atoms with E-state index < -0.39 is 0 Å².